The number of benzene rings is 1. The molecule has 25 heavy (non-hydrogen) atoms. The molecule has 2 N–H and O–H groups in total. The highest BCUT2D eigenvalue weighted by molar-refractivity contribution is 5.74. The van der Waals surface area contributed by atoms with Gasteiger partial charge in [0.25, 0.3) is 0 Å². The molecule has 0 aliphatic carbocycles. The number of hydrogen-bond donors (Lipinski definition) is 2. The number of nitrogens with zero attached hydrogens (tertiary/aromatic N) is 1. The zero-order chi connectivity index (χ0) is 19.2. The second-order valence-corrected chi connectivity index (χ2v) is 6.70. The summed E-state index contributed by atoms with van der Waals surface area (Å²) in [4.78, 5) is 25.0. The summed E-state index contributed by atoms with van der Waals surface area (Å²) in [6, 6.07) is 2.47. The minimum absolute atomic E-state index is 0.214. The summed E-state index contributed by atoms with van der Waals surface area (Å²) in [5, 5.41) is 5.20. The summed E-state index contributed by atoms with van der Waals surface area (Å²) in [5.41, 5.74) is -0.143. The summed E-state index contributed by atoms with van der Waals surface area (Å²) in [6.45, 7) is 7.44. The molecule has 0 fully saturated rings. The normalized spacial score (nSPS) is 12.3. The van der Waals surface area contributed by atoms with E-state index in [9.17, 15) is 18.4 Å². The molecule has 0 aromatic heterocycles. The first kappa shape index (κ1) is 20.7. The Kier molecular flexibility index (Phi) is 7.14. The Labute approximate surface area is 146 Å². The maximum absolute atomic E-state index is 13.2. The first-order chi connectivity index (χ1) is 11.5. The van der Waals surface area contributed by atoms with Gasteiger partial charge in [-0.05, 0) is 45.4 Å². The Balaban J connectivity index is 2.39. The van der Waals surface area contributed by atoms with E-state index < -0.39 is 35.4 Å². The van der Waals surface area contributed by atoms with Crippen LogP contribution in [0.5, 0.6) is 0 Å². The van der Waals surface area contributed by atoms with E-state index >= 15 is 0 Å². The van der Waals surface area contributed by atoms with E-state index in [1.807, 2.05) is 0 Å². The lowest BCUT2D eigenvalue weighted by Gasteiger charge is -2.24. The first-order valence-corrected chi connectivity index (χ1v) is 7.93. The molecular weight excluding hydrogens is 332 g/mol. The number of ether oxygens (including phenoxy) is 1. The van der Waals surface area contributed by atoms with E-state index in [4.69, 9.17) is 4.74 Å². The van der Waals surface area contributed by atoms with Crippen LogP contribution in [0.15, 0.2) is 18.2 Å². The molecule has 0 heterocycles. The molecule has 6 nitrogen and oxygen atoms in total. The van der Waals surface area contributed by atoms with Crippen molar-refractivity contribution in [2.75, 3.05) is 20.1 Å². The van der Waals surface area contributed by atoms with Crippen molar-refractivity contribution in [3.63, 3.8) is 0 Å². The molecule has 1 aromatic carbocycles. The van der Waals surface area contributed by atoms with Gasteiger partial charge in [-0.25, -0.2) is 18.4 Å². The fraction of sp³-hybridized carbons (Fsp3) is 0.529. The number of rotatable bonds is 5. The van der Waals surface area contributed by atoms with Crippen LogP contribution in [0.4, 0.5) is 18.4 Å². The maximum Gasteiger partial charge on any atom is 0.410 e. The molecule has 0 aliphatic rings. The van der Waals surface area contributed by atoms with E-state index in [1.165, 1.54) is 11.0 Å². The maximum atomic E-state index is 13.2. The van der Waals surface area contributed by atoms with Gasteiger partial charge in [-0.3, -0.25) is 0 Å². The third-order valence-electron chi connectivity index (χ3n) is 3.23. The van der Waals surface area contributed by atoms with Crippen LogP contribution >= 0.6 is 0 Å². The fourth-order valence-corrected chi connectivity index (χ4v) is 1.88. The van der Waals surface area contributed by atoms with Crippen molar-refractivity contribution in [3.05, 3.63) is 35.4 Å². The van der Waals surface area contributed by atoms with Crippen molar-refractivity contribution < 1.29 is 23.1 Å². The number of carbonyl (C=O) groups is 2. The van der Waals surface area contributed by atoms with Crippen LogP contribution in [0.25, 0.3) is 0 Å². The lowest BCUT2D eigenvalue weighted by Crippen LogP contribution is -2.42. The molecule has 140 valence electrons. The Hall–Kier alpha value is -2.38. The lowest BCUT2D eigenvalue weighted by atomic mass is 10.1. The highest BCUT2D eigenvalue weighted by Gasteiger charge is 2.19. The molecule has 0 saturated carbocycles. The molecule has 0 bridgehead atoms. The number of hydrogen-bond acceptors (Lipinski definition) is 3. The molecule has 1 atom stereocenters. The van der Waals surface area contributed by atoms with E-state index in [-0.39, 0.29) is 13.1 Å². The molecule has 0 aliphatic heterocycles. The third-order valence-corrected chi connectivity index (χ3v) is 3.23. The van der Waals surface area contributed by atoms with Crippen molar-refractivity contribution in [2.45, 2.75) is 39.3 Å². The average molecular weight is 357 g/mol. The Morgan fingerprint density at radius 1 is 1.24 bits per heavy atom. The second kappa shape index (κ2) is 8.64. The summed E-state index contributed by atoms with van der Waals surface area (Å²) in [7, 11) is 1.57. The third kappa shape index (κ3) is 7.36. The molecule has 0 saturated heterocycles. The van der Waals surface area contributed by atoms with Gasteiger partial charge in [-0.2, -0.15) is 0 Å². The monoisotopic (exact) mass is 357 g/mol. The van der Waals surface area contributed by atoms with Crippen LogP contribution in [0.3, 0.4) is 0 Å². The van der Waals surface area contributed by atoms with Gasteiger partial charge in [0.2, 0.25) is 0 Å². The van der Waals surface area contributed by atoms with Gasteiger partial charge in [0.05, 0.1) is 6.04 Å². The zero-order valence-corrected chi connectivity index (χ0v) is 15.2. The first-order valence-electron chi connectivity index (χ1n) is 7.93. The number of likely N-dealkylation sites (N-methyl/N-ethyl adjacent to an activating group) is 1. The second-order valence-electron chi connectivity index (χ2n) is 6.70. The zero-order valence-electron chi connectivity index (χ0n) is 15.2. The quantitative estimate of drug-likeness (QED) is 0.850. The highest BCUT2D eigenvalue weighted by atomic mass is 19.2. The summed E-state index contributed by atoms with van der Waals surface area (Å²) < 4.78 is 31.3. The van der Waals surface area contributed by atoms with Crippen molar-refractivity contribution in [3.8, 4) is 0 Å². The minimum atomic E-state index is -0.967. The Bertz CT molecular complexity index is 618. The standard InChI is InChI=1S/C17H25F2N3O3/c1-11(12-6-7-13(18)14(19)10-12)21-15(23)20-8-9-22(5)16(24)25-17(2,3)4/h6-7,10-11H,8-9H2,1-5H3,(H2,20,21,23). The summed E-state index contributed by atoms with van der Waals surface area (Å²) in [5.74, 6) is -1.91. The SMILES string of the molecule is CC(NC(=O)NCCN(C)C(=O)OC(C)(C)C)c1ccc(F)c(F)c1. The van der Waals surface area contributed by atoms with Crippen molar-refractivity contribution in [2.24, 2.45) is 0 Å². The smallest absolute Gasteiger partial charge is 0.410 e. The molecule has 0 spiro atoms. The van der Waals surface area contributed by atoms with Gasteiger partial charge in [-0.15, -0.1) is 0 Å². The largest absolute Gasteiger partial charge is 0.444 e. The van der Waals surface area contributed by atoms with Gasteiger partial charge < -0.3 is 20.3 Å². The summed E-state index contributed by atoms with van der Waals surface area (Å²) in [6.07, 6.45) is -0.482. The van der Waals surface area contributed by atoms with E-state index in [0.717, 1.165) is 12.1 Å². The Morgan fingerprint density at radius 3 is 2.44 bits per heavy atom. The molecule has 1 aromatic rings. The number of nitrogens with one attached hydrogen (secondary N) is 2. The minimum Gasteiger partial charge on any atom is -0.444 e. The van der Waals surface area contributed by atoms with E-state index in [2.05, 4.69) is 10.6 Å². The molecule has 3 amide bonds. The number of urea groups is 1. The van der Waals surface area contributed by atoms with Crippen molar-refractivity contribution >= 4 is 12.1 Å². The van der Waals surface area contributed by atoms with Gasteiger partial charge in [0.1, 0.15) is 5.60 Å². The van der Waals surface area contributed by atoms with Gasteiger partial charge in [0, 0.05) is 20.1 Å². The van der Waals surface area contributed by atoms with Gasteiger partial charge in [-0.1, -0.05) is 6.07 Å². The molecule has 1 unspecified atom stereocenters. The van der Waals surface area contributed by atoms with Gasteiger partial charge >= 0.3 is 12.1 Å². The van der Waals surface area contributed by atoms with Crippen LogP contribution in [0, 0.1) is 11.6 Å². The molecule has 8 heteroatoms. The molecule has 1 rings (SSSR count). The topological polar surface area (TPSA) is 70.7 Å². The van der Waals surface area contributed by atoms with E-state index in [0.29, 0.717) is 5.56 Å². The van der Waals surface area contributed by atoms with Crippen LogP contribution in [0.2, 0.25) is 0 Å². The van der Waals surface area contributed by atoms with Gasteiger partial charge in [0.15, 0.2) is 11.6 Å². The van der Waals surface area contributed by atoms with Crippen LogP contribution in [0.1, 0.15) is 39.3 Å². The number of carbonyl (C=O) groups excluding carboxylic acids is 2. The Morgan fingerprint density at radius 2 is 1.88 bits per heavy atom. The van der Waals surface area contributed by atoms with Crippen molar-refractivity contribution in [1.82, 2.24) is 15.5 Å². The van der Waals surface area contributed by atoms with Crippen LogP contribution in [-0.4, -0.2) is 42.8 Å². The average Bonchev–Trinajstić information content (AvgIpc) is 2.48. The fourth-order valence-electron chi connectivity index (χ4n) is 1.88. The van der Waals surface area contributed by atoms with Crippen molar-refractivity contribution in [1.29, 1.82) is 0 Å². The number of amides is 3. The highest BCUT2D eigenvalue weighted by Crippen LogP contribution is 2.15. The molecule has 0 radical (unpaired) electrons. The summed E-state index contributed by atoms with van der Waals surface area (Å²) >= 11 is 0. The molecular formula is C17H25F2N3O3. The van der Waals surface area contributed by atoms with Crippen LogP contribution in [-0.2, 0) is 4.74 Å². The number of halogens is 2. The predicted molar refractivity (Wildman–Crippen MR) is 90.2 cm³/mol. The predicted octanol–water partition coefficient (Wildman–Crippen LogP) is 3.19. The van der Waals surface area contributed by atoms with E-state index in [1.54, 1.807) is 34.7 Å². The lowest BCUT2D eigenvalue weighted by molar-refractivity contribution is 0.0301. The van der Waals surface area contributed by atoms with Crippen LogP contribution < -0.4 is 10.6 Å².